The number of hydrogen-bond donors (Lipinski definition) is 3. The highest BCUT2D eigenvalue weighted by Crippen LogP contribution is 2.23. The third-order valence-electron chi connectivity index (χ3n) is 4.58. The van der Waals surface area contributed by atoms with Crippen molar-refractivity contribution in [3.8, 4) is 0 Å². The molecular formula is C22H20N4O3S. The summed E-state index contributed by atoms with van der Waals surface area (Å²) in [5, 5.41) is 6.07. The molecule has 152 valence electrons. The monoisotopic (exact) mass is 420 g/mol. The van der Waals surface area contributed by atoms with E-state index in [-0.39, 0.29) is 16.6 Å². The van der Waals surface area contributed by atoms with E-state index in [1.54, 1.807) is 37.3 Å². The van der Waals surface area contributed by atoms with Gasteiger partial charge in [-0.1, -0.05) is 30.3 Å². The summed E-state index contributed by atoms with van der Waals surface area (Å²) in [6, 6.07) is 22.8. The molecule has 4 rings (SSSR count). The van der Waals surface area contributed by atoms with Crippen LogP contribution in [0.4, 0.5) is 17.1 Å². The third kappa shape index (κ3) is 4.18. The Balaban J connectivity index is 1.44. The van der Waals surface area contributed by atoms with E-state index in [9.17, 15) is 13.2 Å². The van der Waals surface area contributed by atoms with E-state index >= 15 is 0 Å². The summed E-state index contributed by atoms with van der Waals surface area (Å²) in [5.74, 6) is -0.162. The molecule has 1 amide bonds. The van der Waals surface area contributed by atoms with Crippen molar-refractivity contribution >= 4 is 38.8 Å². The second-order valence-electron chi connectivity index (χ2n) is 6.81. The summed E-state index contributed by atoms with van der Waals surface area (Å²) in [4.78, 5) is 17.0. The lowest BCUT2D eigenvalue weighted by Gasteiger charge is -2.11. The van der Waals surface area contributed by atoms with Gasteiger partial charge >= 0.3 is 0 Å². The molecule has 0 saturated carbocycles. The predicted molar refractivity (Wildman–Crippen MR) is 118 cm³/mol. The van der Waals surface area contributed by atoms with Gasteiger partial charge < -0.3 is 10.6 Å². The Kier molecular flexibility index (Phi) is 5.24. The van der Waals surface area contributed by atoms with Crippen LogP contribution in [0.25, 0.3) is 0 Å². The molecular weight excluding hydrogens is 400 g/mol. The molecule has 0 bridgehead atoms. The van der Waals surface area contributed by atoms with E-state index < -0.39 is 16.1 Å². The van der Waals surface area contributed by atoms with Crippen LogP contribution in [-0.2, 0) is 14.8 Å². The van der Waals surface area contributed by atoms with Crippen molar-refractivity contribution in [3.63, 3.8) is 0 Å². The molecule has 0 unspecified atom stereocenters. The summed E-state index contributed by atoms with van der Waals surface area (Å²) in [6.45, 7) is 1.61. The number of anilines is 3. The van der Waals surface area contributed by atoms with Gasteiger partial charge in [0, 0.05) is 22.6 Å². The van der Waals surface area contributed by atoms with Gasteiger partial charge in [-0.3, -0.25) is 14.5 Å². The average molecular weight is 420 g/mol. The fourth-order valence-electron chi connectivity index (χ4n) is 3.05. The number of rotatable bonds is 5. The number of hydrogen-bond acceptors (Lipinski definition) is 5. The fourth-order valence-corrected chi connectivity index (χ4v) is 4.29. The second kappa shape index (κ2) is 8.00. The lowest BCUT2D eigenvalue weighted by Crippen LogP contribution is -2.28. The summed E-state index contributed by atoms with van der Waals surface area (Å²) in [5.41, 5.74) is 2.95. The summed E-state index contributed by atoms with van der Waals surface area (Å²) in [6.07, 6.45) is 0. The van der Waals surface area contributed by atoms with Crippen molar-refractivity contribution in [2.75, 3.05) is 10.6 Å². The van der Waals surface area contributed by atoms with Crippen LogP contribution in [0.15, 0.2) is 88.8 Å². The zero-order valence-electron chi connectivity index (χ0n) is 16.2. The van der Waals surface area contributed by atoms with Gasteiger partial charge in [-0.15, -0.1) is 0 Å². The zero-order valence-corrected chi connectivity index (χ0v) is 17.0. The van der Waals surface area contributed by atoms with Gasteiger partial charge in [0.25, 0.3) is 10.0 Å². The molecule has 1 heterocycles. The van der Waals surface area contributed by atoms with E-state index in [0.29, 0.717) is 11.3 Å². The van der Waals surface area contributed by atoms with Crippen molar-refractivity contribution < 1.29 is 13.2 Å². The molecule has 0 aliphatic carbocycles. The molecule has 8 heteroatoms. The Morgan fingerprint density at radius 3 is 2.20 bits per heavy atom. The Morgan fingerprint density at radius 2 is 1.47 bits per heavy atom. The summed E-state index contributed by atoms with van der Waals surface area (Å²) < 4.78 is 26.8. The number of fused-ring (bicyclic) bond motifs is 1. The highest BCUT2D eigenvalue weighted by molar-refractivity contribution is 7.90. The number of aliphatic imine (C=N–C) groups is 1. The summed E-state index contributed by atoms with van der Waals surface area (Å²) >= 11 is 0. The minimum atomic E-state index is -3.64. The van der Waals surface area contributed by atoms with Crippen LogP contribution in [0, 0.1) is 0 Å². The molecule has 3 N–H and O–H groups in total. The van der Waals surface area contributed by atoms with Crippen LogP contribution < -0.4 is 15.4 Å². The lowest BCUT2D eigenvalue weighted by atomic mass is 10.2. The topological polar surface area (TPSA) is 99.7 Å². The van der Waals surface area contributed by atoms with E-state index in [2.05, 4.69) is 20.3 Å². The molecule has 3 aromatic carbocycles. The molecule has 0 spiro atoms. The maximum absolute atomic E-state index is 12.5. The van der Waals surface area contributed by atoms with E-state index in [1.165, 1.54) is 6.07 Å². The van der Waals surface area contributed by atoms with Crippen LogP contribution in [0.1, 0.15) is 12.5 Å². The number of amidine groups is 1. The first-order chi connectivity index (χ1) is 14.4. The number of amides is 1. The van der Waals surface area contributed by atoms with Gasteiger partial charge in [0.05, 0.1) is 4.90 Å². The van der Waals surface area contributed by atoms with Gasteiger partial charge in [0.1, 0.15) is 11.9 Å². The number of sulfonamides is 1. The Labute approximate surface area is 174 Å². The Morgan fingerprint density at radius 1 is 0.867 bits per heavy atom. The third-order valence-corrected chi connectivity index (χ3v) is 5.98. The van der Waals surface area contributed by atoms with Gasteiger partial charge in [0.2, 0.25) is 5.91 Å². The van der Waals surface area contributed by atoms with Crippen molar-refractivity contribution in [2.45, 2.75) is 17.9 Å². The minimum absolute atomic E-state index is 0.165. The van der Waals surface area contributed by atoms with Crippen molar-refractivity contribution in [1.29, 1.82) is 0 Å². The maximum Gasteiger partial charge on any atom is 0.263 e. The van der Waals surface area contributed by atoms with Gasteiger partial charge in [-0.2, -0.15) is 0 Å². The minimum Gasteiger partial charge on any atom is -0.356 e. The van der Waals surface area contributed by atoms with Crippen molar-refractivity contribution in [3.05, 3.63) is 84.4 Å². The predicted octanol–water partition coefficient (Wildman–Crippen LogP) is 3.50. The quantitative estimate of drug-likeness (QED) is 0.588. The average Bonchev–Trinajstić information content (AvgIpc) is 3.00. The Bertz CT molecular complexity index is 1210. The maximum atomic E-state index is 12.5. The SMILES string of the molecule is C[C@H](N=C1NS(=O)(=O)c2ccccc21)C(=O)Nc1ccc(Nc2ccccc2)cc1. The standard InChI is InChI=1S/C22H20N4O3S/c1-15(23-21-19-9-5-6-10-20(19)30(28,29)26-21)22(27)25-18-13-11-17(12-14-18)24-16-7-3-2-4-8-16/h2-15,24H,1H3,(H,23,26)(H,25,27)/t15-/m0/s1. The number of para-hydroxylation sites is 1. The molecule has 0 aromatic heterocycles. The number of carbonyl (C=O) groups is 1. The first kappa shape index (κ1) is 19.7. The van der Waals surface area contributed by atoms with Crippen molar-refractivity contribution in [1.82, 2.24) is 4.72 Å². The highest BCUT2D eigenvalue weighted by atomic mass is 32.2. The molecule has 0 fully saturated rings. The van der Waals surface area contributed by atoms with E-state index in [1.807, 2.05) is 42.5 Å². The number of nitrogens with one attached hydrogen (secondary N) is 3. The first-order valence-electron chi connectivity index (χ1n) is 9.35. The number of nitrogens with zero attached hydrogens (tertiary/aromatic N) is 1. The van der Waals surface area contributed by atoms with E-state index in [0.717, 1.165) is 11.4 Å². The molecule has 3 aromatic rings. The zero-order chi connectivity index (χ0) is 21.1. The van der Waals surface area contributed by atoms with Crippen molar-refractivity contribution in [2.24, 2.45) is 4.99 Å². The lowest BCUT2D eigenvalue weighted by molar-refractivity contribution is -0.117. The largest absolute Gasteiger partial charge is 0.356 e. The molecule has 1 aliphatic heterocycles. The van der Waals surface area contributed by atoms with Crippen LogP contribution in [0.2, 0.25) is 0 Å². The van der Waals surface area contributed by atoms with Crippen LogP contribution in [0.5, 0.6) is 0 Å². The van der Waals surface area contributed by atoms with Gasteiger partial charge in [0.15, 0.2) is 0 Å². The number of carbonyl (C=O) groups excluding carboxylic acids is 1. The highest BCUT2D eigenvalue weighted by Gasteiger charge is 2.31. The smallest absolute Gasteiger partial charge is 0.263 e. The molecule has 30 heavy (non-hydrogen) atoms. The molecule has 0 saturated heterocycles. The number of benzene rings is 3. The normalized spacial score (nSPS) is 16.4. The fraction of sp³-hybridized carbons (Fsp3) is 0.0909. The molecule has 1 atom stereocenters. The van der Waals surface area contributed by atoms with Crippen LogP contribution in [0.3, 0.4) is 0 Å². The first-order valence-corrected chi connectivity index (χ1v) is 10.8. The molecule has 0 radical (unpaired) electrons. The van der Waals surface area contributed by atoms with E-state index in [4.69, 9.17) is 0 Å². The Hall–Kier alpha value is -3.65. The van der Waals surface area contributed by atoms with Crippen LogP contribution >= 0.6 is 0 Å². The van der Waals surface area contributed by atoms with Gasteiger partial charge in [-0.25, -0.2) is 8.42 Å². The second-order valence-corrected chi connectivity index (χ2v) is 8.46. The molecule has 7 nitrogen and oxygen atoms in total. The van der Waals surface area contributed by atoms with Gasteiger partial charge in [-0.05, 0) is 55.5 Å². The summed E-state index contributed by atoms with van der Waals surface area (Å²) in [7, 11) is -3.64. The van der Waals surface area contributed by atoms with Crippen LogP contribution in [-0.4, -0.2) is 26.2 Å². The molecule has 1 aliphatic rings.